The highest BCUT2D eigenvalue weighted by Gasteiger charge is 2.26. The molecule has 0 fully saturated rings. The zero-order valence-electron chi connectivity index (χ0n) is 12.7. The first-order valence-corrected chi connectivity index (χ1v) is 7.87. The molecule has 22 heavy (non-hydrogen) atoms. The van der Waals surface area contributed by atoms with Gasteiger partial charge in [-0.1, -0.05) is 37.0 Å². The average molecular weight is 346 g/mol. The molecule has 0 radical (unpaired) electrons. The summed E-state index contributed by atoms with van der Waals surface area (Å²) in [5.41, 5.74) is 5.65. The first-order valence-electron chi connectivity index (χ1n) is 7.11. The zero-order chi connectivity index (χ0) is 16.8. The van der Waals surface area contributed by atoms with Gasteiger partial charge in [-0.2, -0.15) is 0 Å². The second-order valence-electron chi connectivity index (χ2n) is 5.05. The minimum Gasteiger partial charge on any atom is -0.348 e. The SMILES string of the molecule is CCC(CC)(CN)NC(=O)CNC(=O)c1ccc(Cl)c(Cl)c1. The van der Waals surface area contributed by atoms with Crippen LogP contribution in [0, 0.1) is 0 Å². The van der Waals surface area contributed by atoms with E-state index in [0.717, 1.165) is 12.8 Å². The van der Waals surface area contributed by atoms with Crippen molar-refractivity contribution < 1.29 is 9.59 Å². The van der Waals surface area contributed by atoms with Crippen LogP contribution in [0.25, 0.3) is 0 Å². The van der Waals surface area contributed by atoms with E-state index in [1.165, 1.54) is 12.1 Å². The number of hydrogen-bond donors (Lipinski definition) is 3. The van der Waals surface area contributed by atoms with Crippen LogP contribution in [0.2, 0.25) is 10.0 Å². The summed E-state index contributed by atoms with van der Waals surface area (Å²) in [5.74, 6) is -0.664. The van der Waals surface area contributed by atoms with E-state index in [-0.39, 0.29) is 23.4 Å². The summed E-state index contributed by atoms with van der Waals surface area (Å²) in [5, 5.41) is 6.09. The lowest BCUT2D eigenvalue weighted by Crippen LogP contribution is -2.55. The van der Waals surface area contributed by atoms with Gasteiger partial charge in [0.2, 0.25) is 5.91 Å². The fraction of sp³-hybridized carbons (Fsp3) is 0.467. The summed E-state index contributed by atoms with van der Waals surface area (Å²) in [6.45, 7) is 4.16. The Labute approximate surface area is 140 Å². The number of benzene rings is 1. The van der Waals surface area contributed by atoms with Crippen LogP contribution < -0.4 is 16.4 Å². The van der Waals surface area contributed by atoms with E-state index in [9.17, 15) is 9.59 Å². The number of carbonyl (C=O) groups is 2. The highest BCUT2D eigenvalue weighted by Crippen LogP contribution is 2.22. The number of halogens is 2. The van der Waals surface area contributed by atoms with Gasteiger partial charge in [-0.15, -0.1) is 0 Å². The standard InChI is InChI=1S/C15H21Cl2N3O2/c1-3-15(4-2,9-18)20-13(21)8-19-14(22)10-5-6-11(16)12(17)7-10/h5-7H,3-4,8-9,18H2,1-2H3,(H,19,22)(H,20,21). The number of nitrogens with two attached hydrogens (primary N) is 1. The average Bonchev–Trinajstić information content (AvgIpc) is 2.53. The predicted molar refractivity (Wildman–Crippen MR) is 89.3 cm³/mol. The molecule has 0 aliphatic rings. The van der Waals surface area contributed by atoms with E-state index >= 15 is 0 Å². The Balaban J connectivity index is 2.60. The van der Waals surface area contributed by atoms with Gasteiger partial charge in [0.15, 0.2) is 0 Å². The fourth-order valence-corrected chi connectivity index (χ4v) is 2.30. The smallest absolute Gasteiger partial charge is 0.251 e. The molecule has 0 aliphatic carbocycles. The minimum absolute atomic E-state index is 0.124. The lowest BCUT2D eigenvalue weighted by Gasteiger charge is -2.31. The monoisotopic (exact) mass is 345 g/mol. The first-order chi connectivity index (χ1) is 10.4. The van der Waals surface area contributed by atoms with Crippen LogP contribution in [0.1, 0.15) is 37.0 Å². The van der Waals surface area contributed by atoms with E-state index in [1.54, 1.807) is 6.07 Å². The van der Waals surface area contributed by atoms with Crippen molar-refractivity contribution in [2.24, 2.45) is 5.73 Å². The van der Waals surface area contributed by atoms with E-state index < -0.39 is 5.54 Å². The van der Waals surface area contributed by atoms with Crippen molar-refractivity contribution in [2.45, 2.75) is 32.2 Å². The summed E-state index contributed by atoms with van der Waals surface area (Å²) in [6.07, 6.45) is 1.46. The molecule has 0 aromatic heterocycles. The van der Waals surface area contributed by atoms with Crippen LogP contribution in [-0.4, -0.2) is 30.4 Å². The van der Waals surface area contributed by atoms with Crippen LogP contribution in [-0.2, 0) is 4.79 Å². The number of amides is 2. The molecule has 1 rings (SSSR count). The molecule has 0 saturated heterocycles. The number of hydrogen-bond acceptors (Lipinski definition) is 3. The van der Waals surface area contributed by atoms with Crippen LogP contribution >= 0.6 is 23.2 Å². The molecule has 0 unspecified atom stereocenters. The second kappa shape index (κ2) is 8.36. The van der Waals surface area contributed by atoms with Crippen molar-refractivity contribution in [1.29, 1.82) is 0 Å². The van der Waals surface area contributed by atoms with Crippen LogP contribution in [0.15, 0.2) is 18.2 Å². The quantitative estimate of drug-likeness (QED) is 0.709. The lowest BCUT2D eigenvalue weighted by atomic mass is 9.93. The molecular weight excluding hydrogens is 325 g/mol. The van der Waals surface area contributed by atoms with Gasteiger partial charge in [0.05, 0.1) is 22.1 Å². The molecule has 5 nitrogen and oxygen atoms in total. The topological polar surface area (TPSA) is 84.2 Å². The molecule has 0 saturated carbocycles. The second-order valence-corrected chi connectivity index (χ2v) is 5.87. The molecule has 4 N–H and O–H groups in total. The van der Waals surface area contributed by atoms with Gasteiger partial charge in [-0.05, 0) is 31.0 Å². The van der Waals surface area contributed by atoms with Gasteiger partial charge in [-0.3, -0.25) is 9.59 Å². The van der Waals surface area contributed by atoms with Crippen LogP contribution in [0.3, 0.4) is 0 Å². The number of carbonyl (C=O) groups excluding carboxylic acids is 2. The maximum atomic E-state index is 12.0. The van der Waals surface area contributed by atoms with Gasteiger partial charge in [0.25, 0.3) is 5.91 Å². The van der Waals surface area contributed by atoms with Gasteiger partial charge >= 0.3 is 0 Å². The normalized spacial score (nSPS) is 11.1. The van der Waals surface area contributed by atoms with Gasteiger partial charge in [-0.25, -0.2) is 0 Å². The summed E-state index contributed by atoms with van der Waals surface area (Å²) in [4.78, 5) is 23.9. The predicted octanol–water partition coefficient (Wildman–Crippen LogP) is 2.36. The molecule has 1 aromatic carbocycles. The summed E-state index contributed by atoms with van der Waals surface area (Å²) < 4.78 is 0. The molecule has 122 valence electrons. The van der Waals surface area contributed by atoms with Crippen LogP contribution in [0.4, 0.5) is 0 Å². The Morgan fingerprint density at radius 3 is 2.32 bits per heavy atom. The Kier molecular flexibility index (Phi) is 7.13. The molecule has 0 bridgehead atoms. The lowest BCUT2D eigenvalue weighted by molar-refractivity contribution is -0.122. The molecule has 0 heterocycles. The Morgan fingerprint density at radius 2 is 1.82 bits per heavy atom. The Bertz CT molecular complexity index is 537. The largest absolute Gasteiger partial charge is 0.348 e. The zero-order valence-corrected chi connectivity index (χ0v) is 14.2. The summed E-state index contributed by atoms with van der Waals surface area (Å²) in [7, 11) is 0. The van der Waals surface area contributed by atoms with Gasteiger partial charge in [0, 0.05) is 12.1 Å². The van der Waals surface area contributed by atoms with Crippen molar-refractivity contribution in [1.82, 2.24) is 10.6 Å². The van der Waals surface area contributed by atoms with E-state index in [0.29, 0.717) is 17.1 Å². The highest BCUT2D eigenvalue weighted by molar-refractivity contribution is 6.42. The molecule has 0 aliphatic heterocycles. The van der Waals surface area contributed by atoms with Gasteiger partial charge < -0.3 is 16.4 Å². The fourth-order valence-electron chi connectivity index (χ4n) is 2.01. The third-order valence-electron chi connectivity index (χ3n) is 3.74. The molecule has 0 atom stereocenters. The van der Waals surface area contributed by atoms with Crippen molar-refractivity contribution in [3.05, 3.63) is 33.8 Å². The first kappa shape index (κ1) is 18.7. The summed E-state index contributed by atoms with van der Waals surface area (Å²) in [6, 6.07) is 4.54. The maximum Gasteiger partial charge on any atom is 0.251 e. The highest BCUT2D eigenvalue weighted by atomic mass is 35.5. The van der Waals surface area contributed by atoms with Gasteiger partial charge in [0.1, 0.15) is 0 Å². The van der Waals surface area contributed by atoms with Crippen LogP contribution in [0.5, 0.6) is 0 Å². The third kappa shape index (κ3) is 4.87. The van der Waals surface area contributed by atoms with E-state index in [1.807, 2.05) is 13.8 Å². The summed E-state index contributed by atoms with van der Waals surface area (Å²) >= 11 is 11.7. The Morgan fingerprint density at radius 1 is 1.18 bits per heavy atom. The minimum atomic E-state index is -0.425. The van der Waals surface area contributed by atoms with Crippen molar-refractivity contribution >= 4 is 35.0 Å². The van der Waals surface area contributed by atoms with Crippen molar-refractivity contribution in [3.8, 4) is 0 Å². The Hall–Kier alpha value is -1.30. The third-order valence-corrected chi connectivity index (χ3v) is 4.48. The molecule has 0 spiro atoms. The van der Waals surface area contributed by atoms with Crippen molar-refractivity contribution in [2.75, 3.05) is 13.1 Å². The molecule has 2 amide bonds. The number of nitrogens with one attached hydrogen (secondary N) is 2. The van der Waals surface area contributed by atoms with E-state index in [2.05, 4.69) is 10.6 Å². The van der Waals surface area contributed by atoms with E-state index in [4.69, 9.17) is 28.9 Å². The molecule has 7 heteroatoms. The number of rotatable bonds is 7. The molecular formula is C15H21Cl2N3O2. The maximum absolute atomic E-state index is 12.0. The van der Waals surface area contributed by atoms with Crippen molar-refractivity contribution in [3.63, 3.8) is 0 Å². The molecule has 1 aromatic rings.